The molecule has 5 nitrogen and oxygen atoms in total. The van der Waals surface area contributed by atoms with E-state index in [2.05, 4.69) is 5.32 Å². The van der Waals surface area contributed by atoms with Gasteiger partial charge < -0.3 is 15.0 Å². The molecule has 0 bridgehead atoms. The minimum absolute atomic E-state index is 0.0946. The zero-order chi connectivity index (χ0) is 22.9. The van der Waals surface area contributed by atoms with Crippen LogP contribution in [-0.4, -0.2) is 35.4 Å². The van der Waals surface area contributed by atoms with Crippen molar-refractivity contribution < 1.29 is 27.5 Å². The number of para-hydroxylation sites is 1. The van der Waals surface area contributed by atoms with Gasteiger partial charge in [0.25, 0.3) is 5.91 Å². The van der Waals surface area contributed by atoms with Gasteiger partial charge in [-0.2, -0.15) is 13.2 Å². The summed E-state index contributed by atoms with van der Waals surface area (Å²) in [6, 6.07) is 11.2. The highest BCUT2D eigenvalue weighted by atomic mass is 19.4. The van der Waals surface area contributed by atoms with Crippen LogP contribution in [0.25, 0.3) is 0 Å². The van der Waals surface area contributed by atoms with E-state index in [1.54, 1.807) is 0 Å². The molecule has 0 unspecified atom stereocenters. The summed E-state index contributed by atoms with van der Waals surface area (Å²) in [7, 11) is 0. The molecule has 170 valence electrons. The fourth-order valence-electron chi connectivity index (χ4n) is 4.52. The molecule has 2 atom stereocenters. The first kappa shape index (κ1) is 22.2. The minimum atomic E-state index is -4.45. The first-order valence-electron chi connectivity index (χ1n) is 10.7. The molecule has 2 aliphatic heterocycles. The normalized spacial score (nSPS) is 23.3. The third-order valence-corrected chi connectivity index (χ3v) is 6.34. The van der Waals surface area contributed by atoms with E-state index in [4.69, 9.17) is 4.74 Å². The highest BCUT2D eigenvalue weighted by Crippen LogP contribution is 2.44. The molecule has 0 aromatic heterocycles. The van der Waals surface area contributed by atoms with Crippen molar-refractivity contribution in [1.82, 2.24) is 10.2 Å². The lowest BCUT2D eigenvalue weighted by Crippen LogP contribution is -2.46. The van der Waals surface area contributed by atoms with E-state index >= 15 is 0 Å². The fourth-order valence-corrected chi connectivity index (χ4v) is 4.52. The number of amides is 2. The van der Waals surface area contributed by atoms with E-state index in [0.717, 1.165) is 17.7 Å². The summed E-state index contributed by atoms with van der Waals surface area (Å²) in [6.07, 6.45) is -2.40. The van der Waals surface area contributed by atoms with Gasteiger partial charge >= 0.3 is 6.18 Å². The molecule has 1 N–H and O–H groups in total. The number of likely N-dealkylation sites (tertiary alicyclic amines) is 1. The van der Waals surface area contributed by atoms with E-state index in [0.29, 0.717) is 44.5 Å². The molecular formula is C24H25F3N2O3. The molecule has 0 aliphatic carbocycles. The van der Waals surface area contributed by atoms with Crippen molar-refractivity contribution in [2.75, 3.05) is 13.1 Å². The van der Waals surface area contributed by atoms with E-state index < -0.39 is 23.2 Å². The Morgan fingerprint density at radius 3 is 2.56 bits per heavy atom. The van der Waals surface area contributed by atoms with Crippen LogP contribution in [-0.2, 0) is 11.0 Å². The second-order valence-electron chi connectivity index (χ2n) is 8.35. The van der Waals surface area contributed by atoms with Gasteiger partial charge in [0.1, 0.15) is 11.4 Å². The average Bonchev–Trinajstić information content (AvgIpc) is 2.92. The Balaban J connectivity index is 1.57. The number of fused-ring (bicyclic) bond motifs is 1. The highest BCUT2D eigenvalue weighted by molar-refractivity contribution is 5.94. The quantitative estimate of drug-likeness (QED) is 0.742. The number of rotatable bonds is 3. The summed E-state index contributed by atoms with van der Waals surface area (Å²) in [6.45, 7) is 3.16. The smallest absolute Gasteiger partial charge is 0.416 e. The molecule has 8 heteroatoms. The van der Waals surface area contributed by atoms with Crippen molar-refractivity contribution in [3.8, 4) is 5.75 Å². The summed E-state index contributed by atoms with van der Waals surface area (Å²) in [5.74, 6) is 0.307. The summed E-state index contributed by atoms with van der Waals surface area (Å²) < 4.78 is 44.9. The molecular weight excluding hydrogens is 421 g/mol. The number of carbonyl (C=O) groups excluding carboxylic acids is 2. The molecule has 32 heavy (non-hydrogen) atoms. The lowest BCUT2D eigenvalue weighted by Gasteiger charge is -2.42. The maximum absolute atomic E-state index is 12.9. The minimum Gasteiger partial charge on any atom is -0.487 e. The summed E-state index contributed by atoms with van der Waals surface area (Å²) in [4.78, 5) is 27.1. The number of nitrogens with one attached hydrogen (secondary N) is 1. The maximum Gasteiger partial charge on any atom is 0.416 e. The van der Waals surface area contributed by atoms with Crippen LogP contribution in [0.1, 0.15) is 60.1 Å². The fraction of sp³-hybridized carbons (Fsp3) is 0.417. The number of carbonyl (C=O) groups is 2. The largest absolute Gasteiger partial charge is 0.487 e. The number of hydrogen-bond acceptors (Lipinski definition) is 3. The van der Waals surface area contributed by atoms with Crippen molar-refractivity contribution in [3.63, 3.8) is 0 Å². The van der Waals surface area contributed by atoms with Crippen molar-refractivity contribution in [2.45, 2.75) is 50.4 Å². The van der Waals surface area contributed by atoms with Crippen LogP contribution in [0, 0.1) is 0 Å². The molecule has 2 aliphatic rings. The number of halogens is 3. The molecule has 0 radical (unpaired) electrons. The zero-order valence-electron chi connectivity index (χ0n) is 17.7. The SMILES string of the molecule is CCN1CC[C@@]2(CCC1=O)C[C@H](NC(=O)c1ccc(C(F)(F)F)cc1)c1ccccc1O2. The monoisotopic (exact) mass is 446 g/mol. The number of benzene rings is 2. The Morgan fingerprint density at radius 1 is 1.16 bits per heavy atom. The second-order valence-corrected chi connectivity index (χ2v) is 8.35. The molecule has 2 aromatic carbocycles. The summed E-state index contributed by atoms with van der Waals surface area (Å²) in [5.41, 5.74) is -0.412. The molecule has 2 amide bonds. The Morgan fingerprint density at radius 2 is 1.88 bits per heavy atom. The zero-order valence-corrected chi connectivity index (χ0v) is 17.7. The Hall–Kier alpha value is -3.03. The standard InChI is InChI=1S/C24H25F3N2O3/c1-2-29-14-13-23(12-11-21(29)30)15-19(18-5-3-4-6-20(18)32-23)28-22(31)16-7-9-17(10-8-16)24(25,26)27/h3-10,19H,2,11-15H2,1H3,(H,28,31)/t19-,23-/m0/s1. The van der Waals surface area contributed by atoms with Crippen LogP contribution >= 0.6 is 0 Å². The predicted octanol–water partition coefficient (Wildman–Crippen LogP) is 4.73. The lowest BCUT2D eigenvalue weighted by atomic mass is 9.82. The molecule has 1 spiro atoms. The van der Waals surface area contributed by atoms with E-state index in [-0.39, 0.29) is 17.5 Å². The average molecular weight is 446 g/mol. The van der Waals surface area contributed by atoms with Gasteiger partial charge in [-0.1, -0.05) is 18.2 Å². The molecule has 4 rings (SSSR count). The number of ether oxygens (including phenoxy) is 1. The van der Waals surface area contributed by atoms with Gasteiger partial charge in [-0.3, -0.25) is 9.59 Å². The summed E-state index contributed by atoms with van der Waals surface area (Å²) >= 11 is 0. The van der Waals surface area contributed by atoms with E-state index in [9.17, 15) is 22.8 Å². The first-order chi connectivity index (χ1) is 15.2. The van der Waals surface area contributed by atoms with Gasteiger partial charge in [-0.15, -0.1) is 0 Å². The Kier molecular flexibility index (Phi) is 5.88. The van der Waals surface area contributed by atoms with Crippen LogP contribution in [0.2, 0.25) is 0 Å². The predicted molar refractivity (Wildman–Crippen MR) is 112 cm³/mol. The lowest BCUT2D eigenvalue weighted by molar-refractivity contribution is -0.137. The summed E-state index contributed by atoms with van der Waals surface area (Å²) in [5, 5.41) is 2.98. The molecule has 1 saturated heterocycles. The van der Waals surface area contributed by atoms with Crippen LogP contribution in [0.5, 0.6) is 5.75 Å². The third-order valence-electron chi connectivity index (χ3n) is 6.34. The van der Waals surface area contributed by atoms with Gasteiger partial charge in [-0.25, -0.2) is 0 Å². The number of nitrogens with zero attached hydrogens (tertiary/aromatic N) is 1. The van der Waals surface area contributed by atoms with Crippen LogP contribution in [0.15, 0.2) is 48.5 Å². The first-order valence-corrected chi connectivity index (χ1v) is 10.7. The van der Waals surface area contributed by atoms with Gasteiger partial charge in [0.2, 0.25) is 5.91 Å². The van der Waals surface area contributed by atoms with Crippen molar-refractivity contribution >= 4 is 11.8 Å². The third kappa shape index (κ3) is 4.45. The van der Waals surface area contributed by atoms with Crippen molar-refractivity contribution in [1.29, 1.82) is 0 Å². The van der Waals surface area contributed by atoms with Crippen LogP contribution in [0.3, 0.4) is 0 Å². The van der Waals surface area contributed by atoms with Crippen molar-refractivity contribution in [2.24, 2.45) is 0 Å². The van der Waals surface area contributed by atoms with Crippen molar-refractivity contribution in [3.05, 3.63) is 65.2 Å². The highest BCUT2D eigenvalue weighted by Gasteiger charge is 2.43. The topological polar surface area (TPSA) is 58.6 Å². The number of hydrogen-bond donors (Lipinski definition) is 1. The van der Waals surface area contributed by atoms with Gasteiger partial charge in [-0.05, 0) is 43.7 Å². The molecule has 2 heterocycles. The second kappa shape index (κ2) is 8.48. The molecule has 2 aromatic rings. The molecule has 0 saturated carbocycles. The van der Waals surface area contributed by atoms with Gasteiger partial charge in [0, 0.05) is 43.5 Å². The van der Waals surface area contributed by atoms with Gasteiger partial charge in [0.15, 0.2) is 0 Å². The van der Waals surface area contributed by atoms with Crippen LogP contribution < -0.4 is 10.1 Å². The van der Waals surface area contributed by atoms with E-state index in [1.807, 2.05) is 36.1 Å². The van der Waals surface area contributed by atoms with E-state index in [1.165, 1.54) is 12.1 Å². The van der Waals surface area contributed by atoms with Crippen LogP contribution in [0.4, 0.5) is 13.2 Å². The number of alkyl halides is 3. The Bertz CT molecular complexity index is 1010. The molecule has 1 fully saturated rings. The van der Waals surface area contributed by atoms with Gasteiger partial charge in [0.05, 0.1) is 11.6 Å². The maximum atomic E-state index is 12.9. The Labute approximate surface area is 184 Å².